The molecule has 3 amide bonds. The third-order valence-corrected chi connectivity index (χ3v) is 4.65. The maximum Gasteiger partial charge on any atom is 0.227 e. The Morgan fingerprint density at radius 3 is 2.67 bits per heavy atom. The molecular weight excluding hydrogens is 382 g/mol. The number of hydrogen-bond acceptors (Lipinski definition) is 4. The van der Waals surface area contributed by atoms with Gasteiger partial charge >= 0.3 is 0 Å². The molecule has 1 fully saturated rings. The first kappa shape index (κ1) is 20.9. The van der Waals surface area contributed by atoms with Crippen molar-refractivity contribution in [3.63, 3.8) is 0 Å². The first-order valence-corrected chi connectivity index (χ1v) is 9.55. The normalized spacial score (nSPS) is 15.2. The molecule has 2 aromatic carbocycles. The van der Waals surface area contributed by atoms with E-state index in [0.717, 1.165) is 11.3 Å². The lowest BCUT2D eigenvalue weighted by Gasteiger charge is -2.17. The van der Waals surface area contributed by atoms with Crippen molar-refractivity contribution in [2.75, 3.05) is 30.4 Å². The molecule has 154 valence electrons. The summed E-state index contributed by atoms with van der Waals surface area (Å²) in [7, 11) is 1.57. The largest absolute Gasteiger partial charge is 0.497 e. The summed E-state index contributed by atoms with van der Waals surface area (Å²) in [5, 5.41) is 5.46. The Morgan fingerprint density at radius 2 is 1.97 bits per heavy atom. The maximum absolute atomic E-state index is 12.4. The van der Waals surface area contributed by atoms with Crippen LogP contribution in [0.3, 0.4) is 0 Å². The van der Waals surface area contributed by atoms with Crippen molar-refractivity contribution in [1.82, 2.24) is 5.32 Å². The zero-order chi connectivity index (χ0) is 21.5. The molecule has 1 aliphatic rings. The minimum absolute atomic E-state index is 0.0891. The lowest BCUT2D eigenvalue weighted by molar-refractivity contribution is -0.126. The Balaban J connectivity index is 1.52. The number of benzene rings is 2. The van der Waals surface area contributed by atoms with Crippen LogP contribution in [0, 0.1) is 17.8 Å². The third-order valence-electron chi connectivity index (χ3n) is 4.65. The quantitative estimate of drug-likeness (QED) is 0.747. The van der Waals surface area contributed by atoms with Gasteiger partial charge in [0.15, 0.2) is 0 Å². The number of amides is 3. The summed E-state index contributed by atoms with van der Waals surface area (Å²) in [6.07, 6.45) is 0.168. The average molecular weight is 405 g/mol. The van der Waals surface area contributed by atoms with Crippen LogP contribution in [0.4, 0.5) is 11.4 Å². The van der Waals surface area contributed by atoms with Crippen LogP contribution in [0.25, 0.3) is 0 Å². The first-order valence-electron chi connectivity index (χ1n) is 9.55. The Kier molecular flexibility index (Phi) is 6.71. The number of hydrogen-bond donors (Lipinski definition) is 2. The highest BCUT2D eigenvalue weighted by atomic mass is 16.5. The molecule has 2 N–H and O–H groups in total. The van der Waals surface area contributed by atoms with E-state index in [-0.39, 0.29) is 30.7 Å². The van der Waals surface area contributed by atoms with E-state index < -0.39 is 5.92 Å². The van der Waals surface area contributed by atoms with Gasteiger partial charge in [-0.25, -0.2) is 0 Å². The minimum Gasteiger partial charge on any atom is -0.497 e. The molecule has 2 aromatic rings. The molecule has 1 aliphatic heterocycles. The number of nitrogens with one attached hydrogen (secondary N) is 2. The summed E-state index contributed by atoms with van der Waals surface area (Å²) >= 11 is 0. The van der Waals surface area contributed by atoms with Gasteiger partial charge in [0, 0.05) is 42.9 Å². The molecular formula is C23H23N3O4. The molecule has 0 aromatic heterocycles. The summed E-state index contributed by atoms with van der Waals surface area (Å²) in [6, 6.07) is 14.3. The Bertz CT molecular complexity index is 1010. The van der Waals surface area contributed by atoms with Gasteiger partial charge in [-0.3, -0.25) is 14.4 Å². The minimum atomic E-state index is -0.414. The van der Waals surface area contributed by atoms with Gasteiger partial charge in [0.1, 0.15) is 5.75 Å². The van der Waals surface area contributed by atoms with E-state index in [1.807, 2.05) is 12.1 Å². The predicted octanol–water partition coefficient (Wildman–Crippen LogP) is 2.17. The Labute approximate surface area is 175 Å². The number of rotatable bonds is 5. The SMILES string of the molecule is COc1cccc(N2CC(C(=O)NCC#Cc3ccc(NC(C)=O)cc3)CC2=O)c1. The molecule has 0 radical (unpaired) electrons. The molecule has 7 heteroatoms. The molecule has 1 unspecified atom stereocenters. The molecule has 0 aliphatic carbocycles. The number of ether oxygens (including phenoxy) is 1. The number of nitrogens with zero attached hydrogens (tertiary/aromatic N) is 1. The van der Waals surface area contributed by atoms with Crippen LogP contribution in [-0.2, 0) is 14.4 Å². The fourth-order valence-electron chi connectivity index (χ4n) is 3.17. The van der Waals surface area contributed by atoms with E-state index in [2.05, 4.69) is 22.5 Å². The van der Waals surface area contributed by atoms with Crippen LogP contribution >= 0.6 is 0 Å². The van der Waals surface area contributed by atoms with Crippen molar-refractivity contribution in [2.24, 2.45) is 5.92 Å². The van der Waals surface area contributed by atoms with Crippen LogP contribution in [0.2, 0.25) is 0 Å². The van der Waals surface area contributed by atoms with Crippen LogP contribution in [0.1, 0.15) is 18.9 Å². The first-order chi connectivity index (χ1) is 14.5. The van der Waals surface area contributed by atoms with Crippen molar-refractivity contribution in [2.45, 2.75) is 13.3 Å². The highest BCUT2D eigenvalue weighted by Gasteiger charge is 2.35. The van der Waals surface area contributed by atoms with Crippen LogP contribution < -0.4 is 20.3 Å². The van der Waals surface area contributed by atoms with E-state index in [9.17, 15) is 14.4 Å². The highest BCUT2D eigenvalue weighted by molar-refractivity contribution is 6.00. The van der Waals surface area contributed by atoms with E-state index in [0.29, 0.717) is 18.0 Å². The smallest absolute Gasteiger partial charge is 0.227 e. The second kappa shape index (κ2) is 9.61. The second-order valence-electron chi connectivity index (χ2n) is 6.88. The number of carbonyl (C=O) groups is 3. The topological polar surface area (TPSA) is 87.7 Å². The monoisotopic (exact) mass is 405 g/mol. The van der Waals surface area contributed by atoms with Crippen LogP contribution in [0.15, 0.2) is 48.5 Å². The van der Waals surface area contributed by atoms with E-state index >= 15 is 0 Å². The average Bonchev–Trinajstić information content (AvgIpc) is 3.13. The molecule has 1 heterocycles. The van der Waals surface area contributed by atoms with Gasteiger partial charge in [-0.05, 0) is 36.4 Å². The molecule has 0 bridgehead atoms. The predicted molar refractivity (Wildman–Crippen MR) is 114 cm³/mol. The Morgan fingerprint density at radius 1 is 1.20 bits per heavy atom. The maximum atomic E-state index is 12.4. The molecule has 1 atom stereocenters. The van der Waals surface area contributed by atoms with Crippen molar-refractivity contribution in [1.29, 1.82) is 0 Å². The molecule has 0 spiro atoms. The lowest BCUT2D eigenvalue weighted by Crippen LogP contribution is -2.33. The van der Waals surface area contributed by atoms with Crippen LogP contribution in [-0.4, -0.2) is 37.9 Å². The van der Waals surface area contributed by atoms with E-state index in [1.165, 1.54) is 6.92 Å². The zero-order valence-electron chi connectivity index (χ0n) is 16.9. The van der Waals surface area contributed by atoms with Gasteiger partial charge in [-0.15, -0.1) is 0 Å². The number of anilines is 2. The lowest BCUT2D eigenvalue weighted by atomic mass is 10.1. The van der Waals surface area contributed by atoms with Gasteiger partial charge in [-0.2, -0.15) is 0 Å². The van der Waals surface area contributed by atoms with Gasteiger partial charge < -0.3 is 20.3 Å². The third kappa shape index (κ3) is 5.39. The van der Waals surface area contributed by atoms with Crippen molar-refractivity contribution in [3.05, 3.63) is 54.1 Å². The van der Waals surface area contributed by atoms with Crippen LogP contribution in [0.5, 0.6) is 5.75 Å². The zero-order valence-corrected chi connectivity index (χ0v) is 16.9. The molecule has 1 saturated heterocycles. The van der Waals surface area contributed by atoms with E-state index in [1.54, 1.807) is 48.4 Å². The van der Waals surface area contributed by atoms with Crippen molar-refractivity contribution in [3.8, 4) is 17.6 Å². The second-order valence-corrected chi connectivity index (χ2v) is 6.88. The summed E-state index contributed by atoms with van der Waals surface area (Å²) in [6.45, 7) is 1.97. The molecule has 0 saturated carbocycles. The Hall–Kier alpha value is -3.79. The van der Waals surface area contributed by atoms with Gasteiger partial charge in [0.2, 0.25) is 17.7 Å². The number of methoxy groups -OCH3 is 1. The molecule has 3 rings (SSSR count). The van der Waals surface area contributed by atoms with Crippen molar-refractivity contribution >= 4 is 29.1 Å². The summed E-state index contributed by atoms with van der Waals surface area (Å²) in [5.74, 6) is 5.69. The number of carbonyl (C=O) groups excluding carboxylic acids is 3. The fourth-order valence-corrected chi connectivity index (χ4v) is 3.17. The summed E-state index contributed by atoms with van der Waals surface area (Å²) in [4.78, 5) is 37.4. The van der Waals surface area contributed by atoms with Gasteiger partial charge in [0.25, 0.3) is 0 Å². The van der Waals surface area contributed by atoms with Crippen molar-refractivity contribution < 1.29 is 19.1 Å². The van der Waals surface area contributed by atoms with Gasteiger partial charge in [-0.1, -0.05) is 17.9 Å². The fraction of sp³-hybridized carbons (Fsp3) is 0.261. The molecule has 30 heavy (non-hydrogen) atoms. The van der Waals surface area contributed by atoms with Gasteiger partial charge in [0.05, 0.1) is 19.6 Å². The summed E-state index contributed by atoms with van der Waals surface area (Å²) < 4.78 is 5.20. The standard InChI is InChI=1S/C23H23N3O4/c1-16(27)25-19-10-8-17(9-11-19)5-4-12-24-23(29)18-13-22(28)26(15-18)20-6-3-7-21(14-20)30-2/h3,6-11,14,18H,12-13,15H2,1-2H3,(H,24,29)(H,25,27). The highest BCUT2D eigenvalue weighted by Crippen LogP contribution is 2.27. The summed E-state index contributed by atoms with van der Waals surface area (Å²) in [5.41, 5.74) is 2.20. The van der Waals surface area contributed by atoms with E-state index in [4.69, 9.17) is 4.74 Å². The molecule has 7 nitrogen and oxygen atoms in total.